The van der Waals surface area contributed by atoms with Crippen molar-refractivity contribution in [2.45, 2.75) is 70.5 Å². The van der Waals surface area contributed by atoms with Gasteiger partial charge >= 0.3 is 5.97 Å². The van der Waals surface area contributed by atoms with Gasteiger partial charge in [-0.1, -0.05) is 6.92 Å². The molecular weight excluding hydrogens is 228 g/mol. The first kappa shape index (κ1) is 13.9. The Hall–Kier alpha value is -0.570. The van der Waals surface area contributed by atoms with Crippen molar-refractivity contribution in [1.29, 1.82) is 0 Å². The number of ether oxygens (including phenoxy) is 2. The standard InChI is InChI=1S/C15H26O3/c1-11-3-7-14(18-15(11)16)10-6-12-4-8-13(17-2)9-5-12/h11-14H,3-10H2,1-2H3. The topological polar surface area (TPSA) is 35.5 Å². The van der Waals surface area contributed by atoms with Crippen molar-refractivity contribution >= 4 is 5.97 Å². The Morgan fingerprint density at radius 2 is 1.83 bits per heavy atom. The molecule has 0 N–H and O–H groups in total. The molecule has 2 unspecified atom stereocenters. The Morgan fingerprint density at radius 1 is 1.11 bits per heavy atom. The van der Waals surface area contributed by atoms with E-state index in [1.165, 1.54) is 32.1 Å². The Balaban J connectivity index is 1.65. The summed E-state index contributed by atoms with van der Waals surface area (Å²) in [4.78, 5) is 11.5. The number of rotatable bonds is 4. The molecule has 18 heavy (non-hydrogen) atoms. The molecule has 0 aromatic carbocycles. The predicted octanol–water partition coefficient (Wildman–Crippen LogP) is 3.31. The number of carbonyl (C=O) groups excluding carboxylic acids is 1. The highest BCUT2D eigenvalue weighted by Crippen LogP contribution is 2.31. The second-order valence-corrected chi connectivity index (χ2v) is 5.99. The van der Waals surface area contributed by atoms with Crippen LogP contribution in [0.3, 0.4) is 0 Å². The third kappa shape index (κ3) is 3.71. The molecule has 0 spiro atoms. The molecular formula is C15H26O3. The van der Waals surface area contributed by atoms with Gasteiger partial charge in [0, 0.05) is 7.11 Å². The van der Waals surface area contributed by atoms with Gasteiger partial charge < -0.3 is 9.47 Å². The van der Waals surface area contributed by atoms with Crippen LogP contribution in [0.1, 0.15) is 58.3 Å². The second kappa shape index (κ2) is 6.55. The third-order valence-corrected chi connectivity index (χ3v) is 4.63. The Labute approximate surface area is 110 Å². The van der Waals surface area contributed by atoms with Gasteiger partial charge in [0.05, 0.1) is 12.0 Å². The lowest BCUT2D eigenvalue weighted by Gasteiger charge is -2.30. The van der Waals surface area contributed by atoms with Crippen LogP contribution in [0.25, 0.3) is 0 Å². The van der Waals surface area contributed by atoms with Crippen LogP contribution in [0.4, 0.5) is 0 Å². The van der Waals surface area contributed by atoms with Gasteiger partial charge in [-0.25, -0.2) is 0 Å². The summed E-state index contributed by atoms with van der Waals surface area (Å²) in [7, 11) is 1.81. The van der Waals surface area contributed by atoms with E-state index in [-0.39, 0.29) is 18.0 Å². The predicted molar refractivity (Wildman–Crippen MR) is 70.3 cm³/mol. The molecule has 1 aliphatic heterocycles. The van der Waals surface area contributed by atoms with E-state index >= 15 is 0 Å². The fourth-order valence-corrected chi connectivity index (χ4v) is 3.17. The monoisotopic (exact) mass is 254 g/mol. The summed E-state index contributed by atoms with van der Waals surface area (Å²) in [5.41, 5.74) is 0. The summed E-state index contributed by atoms with van der Waals surface area (Å²) in [5.74, 6) is 0.933. The molecule has 2 atom stereocenters. The van der Waals surface area contributed by atoms with E-state index in [0.717, 1.165) is 25.2 Å². The largest absolute Gasteiger partial charge is 0.462 e. The normalized spacial score (nSPS) is 37.3. The average molecular weight is 254 g/mol. The Kier molecular flexibility index (Phi) is 5.04. The first-order valence-electron chi connectivity index (χ1n) is 7.42. The highest BCUT2D eigenvalue weighted by Gasteiger charge is 2.28. The van der Waals surface area contributed by atoms with Crippen molar-refractivity contribution < 1.29 is 14.3 Å². The average Bonchev–Trinajstić information content (AvgIpc) is 2.41. The van der Waals surface area contributed by atoms with Crippen LogP contribution in [0.5, 0.6) is 0 Å². The van der Waals surface area contributed by atoms with Crippen LogP contribution in [0, 0.1) is 11.8 Å². The lowest BCUT2D eigenvalue weighted by molar-refractivity contribution is -0.160. The van der Waals surface area contributed by atoms with Gasteiger partial charge in [0.25, 0.3) is 0 Å². The molecule has 2 fully saturated rings. The van der Waals surface area contributed by atoms with Crippen molar-refractivity contribution in [3.63, 3.8) is 0 Å². The summed E-state index contributed by atoms with van der Waals surface area (Å²) in [6.07, 6.45) is 9.93. The number of cyclic esters (lactones) is 1. The van der Waals surface area contributed by atoms with Gasteiger partial charge in [-0.15, -0.1) is 0 Å². The van der Waals surface area contributed by atoms with Crippen LogP contribution in [-0.4, -0.2) is 25.3 Å². The van der Waals surface area contributed by atoms with E-state index < -0.39 is 0 Å². The summed E-state index contributed by atoms with van der Waals surface area (Å²) in [6.45, 7) is 1.96. The summed E-state index contributed by atoms with van der Waals surface area (Å²) < 4.78 is 10.9. The van der Waals surface area contributed by atoms with Crippen molar-refractivity contribution in [3.05, 3.63) is 0 Å². The van der Waals surface area contributed by atoms with E-state index in [9.17, 15) is 4.79 Å². The fraction of sp³-hybridized carbons (Fsp3) is 0.933. The third-order valence-electron chi connectivity index (χ3n) is 4.63. The molecule has 0 radical (unpaired) electrons. The smallest absolute Gasteiger partial charge is 0.308 e. The Morgan fingerprint density at radius 3 is 2.44 bits per heavy atom. The molecule has 104 valence electrons. The quantitative estimate of drug-likeness (QED) is 0.722. The molecule has 1 saturated carbocycles. The minimum absolute atomic E-state index is 0.00865. The van der Waals surface area contributed by atoms with E-state index in [2.05, 4.69) is 0 Å². The van der Waals surface area contributed by atoms with Gasteiger partial charge in [0.1, 0.15) is 6.10 Å². The minimum Gasteiger partial charge on any atom is -0.462 e. The molecule has 0 aromatic rings. The minimum atomic E-state index is 0.00865. The molecule has 2 aliphatic rings. The first-order valence-corrected chi connectivity index (χ1v) is 7.42. The van der Waals surface area contributed by atoms with Gasteiger partial charge in [-0.05, 0) is 57.3 Å². The number of esters is 1. The fourth-order valence-electron chi connectivity index (χ4n) is 3.17. The van der Waals surface area contributed by atoms with Crippen LogP contribution < -0.4 is 0 Å². The van der Waals surface area contributed by atoms with Crippen molar-refractivity contribution in [2.24, 2.45) is 11.8 Å². The zero-order chi connectivity index (χ0) is 13.0. The van der Waals surface area contributed by atoms with Gasteiger partial charge in [-0.2, -0.15) is 0 Å². The number of carbonyl (C=O) groups is 1. The maximum Gasteiger partial charge on any atom is 0.308 e. The maximum absolute atomic E-state index is 11.5. The first-order chi connectivity index (χ1) is 8.69. The maximum atomic E-state index is 11.5. The number of methoxy groups -OCH3 is 1. The summed E-state index contributed by atoms with van der Waals surface area (Å²) in [6, 6.07) is 0. The van der Waals surface area contributed by atoms with Crippen LogP contribution in [-0.2, 0) is 14.3 Å². The van der Waals surface area contributed by atoms with E-state index in [0.29, 0.717) is 6.10 Å². The van der Waals surface area contributed by atoms with Crippen molar-refractivity contribution in [1.82, 2.24) is 0 Å². The molecule has 3 heteroatoms. The van der Waals surface area contributed by atoms with E-state index in [1.54, 1.807) is 0 Å². The summed E-state index contributed by atoms with van der Waals surface area (Å²) >= 11 is 0. The van der Waals surface area contributed by atoms with E-state index in [1.807, 2.05) is 14.0 Å². The van der Waals surface area contributed by atoms with Crippen LogP contribution in [0.15, 0.2) is 0 Å². The molecule has 3 nitrogen and oxygen atoms in total. The highest BCUT2D eigenvalue weighted by atomic mass is 16.5. The molecule has 2 rings (SSSR count). The van der Waals surface area contributed by atoms with Crippen molar-refractivity contribution in [3.8, 4) is 0 Å². The SMILES string of the molecule is COC1CCC(CCC2CCC(C)C(=O)O2)CC1. The molecule has 0 aromatic heterocycles. The molecule has 0 amide bonds. The Bertz CT molecular complexity index is 269. The highest BCUT2D eigenvalue weighted by molar-refractivity contribution is 5.72. The van der Waals surface area contributed by atoms with Crippen LogP contribution in [0.2, 0.25) is 0 Å². The molecule has 1 heterocycles. The van der Waals surface area contributed by atoms with Gasteiger partial charge in [0.2, 0.25) is 0 Å². The zero-order valence-electron chi connectivity index (χ0n) is 11.7. The molecule has 0 bridgehead atoms. The number of hydrogen-bond acceptors (Lipinski definition) is 3. The molecule has 1 aliphatic carbocycles. The van der Waals surface area contributed by atoms with Crippen molar-refractivity contribution in [2.75, 3.05) is 7.11 Å². The number of hydrogen-bond donors (Lipinski definition) is 0. The lowest BCUT2D eigenvalue weighted by atomic mass is 9.83. The van der Waals surface area contributed by atoms with Gasteiger partial charge in [-0.3, -0.25) is 4.79 Å². The summed E-state index contributed by atoms with van der Waals surface area (Å²) in [5, 5.41) is 0. The zero-order valence-corrected chi connectivity index (χ0v) is 11.7. The lowest BCUT2D eigenvalue weighted by Crippen LogP contribution is -2.30. The van der Waals surface area contributed by atoms with Gasteiger partial charge in [0.15, 0.2) is 0 Å². The van der Waals surface area contributed by atoms with E-state index in [4.69, 9.17) is 9.47 Å². The molecule has 1 saturated heterocycles. The second-order valence-electron chi connectivity index (χ2n) is 5.99. The van der Waals surface area contributed by atoms with Crippen LogP contribution >= 0.6 is 0 Å².